The number of ether oxygens (including phenoxy) is 1. The zero-order chi connectivity index (χ0) is 15.4. The van der Waals surface area contributed by atoms with Crippen LogP contribution in [-0.2, 0) is 9.53 Å². The number of hydrogen-bond acceptors (Lipinski definition) is 3. The molecule has 6 heteroatoms. The lowest BCUT2D eigenvalue weighted by molar-refractivity contribution is -0.142. The summed E-state index contributed by atoms with van der Waals surface area (Å²) < 4.78 is 18.2. The normalized spacial score (nSPS) is 18.4. The van der Waals surface area contributed by atoms with Gasteiger partial charge in [0.05, 0.1) is 18.6 Å². The molecule has 1 fully saturated rings. The van der Waals surface area contributed by atoms with Crippen molar-refractivity contribution in [3.8, 4) is 0 Å². The monoisotopic (exact) mass is 313 g/mol. The molecule has 1 aromatic rings. The van der Waals surface area contributed by atoms with Gasteiger partial charge >= 0.3 is 5.97 Å². The van der Waals surface area contributed by atoms with E-state index in [2.05, 4.69) is 4.74 Å². The number of rotatable bonds is 3. The Morgan fingerprint density at radius 1 is 1.43 bits per heavy atom. The third kappa shape index (κ3) is 3.73. The van der Waals surface area contributed by atoms with E-state index >= 15 is 0 Å². The number of benzene rings is 1. The van der Waals surface area contributed by atoms with Crippen molar-refractivity contribution in [3.63, 3.8) is 0 Å². The first-order valence-electron chi connectivity index (χ1n) is 6.85. The third-order valence-electron chi connectivity index (χ3n) is 3.68. The first-order valence-corrected chi connectivity index (χ1v) is 7.23. The second-order valence-corrected chi connectivity index (χ2v) is 5.46. The number of carbonyl (C=O) groups is 2. The van der Waals surface area contributed by atoms with Crippen molar-refractivity contribution in [3.05, 3.63) is 34.6 Å². The highest BCUT2D eigenvalue weighted by atomic mass is 35.5. The van der Waals surface area contributed by atoms with Gasteiger partial charge in [0, 0.05) is 18.2 Å². The summed E-state index contributed by atoms with van der Waals surface area (Å²) in [4.78, 5) is 25.6. The van der Waals surface area contributed by atoms with Crippen LogP contribution in [-0.4, -0.2) is 36.5 Å². The standard InChI is InChI=1S/C15H17ClFNO3/c1-21-14(19)9-11-4-2-3-7-18(11)15(20)10-5-6-12(16)13(17)8-10/h5-6,8,11H,2-4,7,9H2,1H3. The minimum atomic E-state index is -0.621. The molecule has 1 amide bonds. The summed E-state index contributed by atoms with van der Waals surface area (Å²) in [5.74, 6) is -1.25. The van der Waals surface area contributed by atoms with Crippen LogP contribution in [0.15, 0.2) is 18.2 Å². The van der Waals surface area contributed by atoms with Gasteiger partial charge in [0.15, 0.2) is 0 Å². The highest BCUT2D eigenvalue weighted by Crippen LogP contribution is 2.24. The average molecular weight is 314 g/mol. The van der Waals surface area contributed by atoms with Crippen LogP contribution in [0.25, 0.3) is 0 Å². The molecule has 0 aromatic heterocycles. The SMILES string of the molecule is COC(=O)CC1CCCCN1C(=O)c1ccc(Cl)c(F)c1. The predicted octanol–water partition coefficient (Wildman–Crippen LogP) is 3.04. The first kappa shape index (κ1) is 15.8. The van der Waals surface area contributed by atoms with Crippen LogP contribution >= 0.6 is 11.6 Å². The third-order valence-corrected chi connectivity index (χ3v) is 3.99. The summed E-state index contributed by atoms with van der Waals surface area (Å²) in [6, 6.07) is 3.80. The lowest BCUT2D eigenvalue weighted by Crippen LogP contribution is -2.44. The molecule has 114 valence electrons. The van der Waals surface area contributed by atoms with Gasteiger partial charge in [0.1, 0.15) is 5.82 Å². The fourth-order valence-electron chi connectivity index (χ4n) is 2.55. The van der Waals surface area contributed by atoms with E-state index in [1.165, 1.54) is 19.2 Å². The first-order chi connectivity index (χ1) is 10.0. The van der Waals surface area contributed by atoms with Gasteiger partial charge in [0.2, 0.25) is 0 Å². The zero-order valence-corrected chi connectivity index (χ0v) is 12.5. The van der Waals surface area contributed by atoms with Crippen LogP contribution in [0.4, 0.5) is 4.39 Å². The molecule has 0 saturated carbocycles. The fraction of sp³-hybridized carbons (Fsp3) is 0.467. The average Bonchev–Trinajstić information content (AvgIpc) is 2.49. The minimum absolute atomic E-state index is 0.0173. The molecule has 1 saturated heterocycles. The number of methoxy groups -OCH3 is 1. The lowest BCUT2D eigenvalue weighted by atomic mass is 9.98. The molecule has 0 radical (unpaired) electrons. The Labute approximate surface area is 127 Å². The van der Waals surface area contributed by atoms with Crippen LogP contribution in [0, 0.1) is 5.82 Å². The summed E-state index contributed by atoms with van der Waals surface area (Å²) in [6.07, 6.45) is 2.75. The molecule has 1 heterocycles. The Kier molecular flexibility index (Phi) is 5.17. The molecule has 1 aliphatic rings. The van der Waals surface area contributed by atoms with E-state index in [9.17, 15) is 14.0 Å². The molecule has 21 heavy (non-hydrogen) atoms. The number of likely N-dealkylation sites (tertiary alicyclic amines) is 1. The largest absolute Gasteiger partial charge is 0.469 e. The smallest absolute Gasteiger partial charge is 0.307 e. The van der Waals surface area contributed by atoms with E-state index in [0.29, 0.717) is 6.54 Å². The molecule has 1 aliphatic heterocycles. The van der Waals surface area contributed by atoms with E-state index < -0.39 is 5.82 Å². The maximum atomic E-state index is 13.5. The van der Waals surface area contributed by atoms with Crippen molar-refractivity contribution in [1.82, 2.24) is 4.90 Å². The van der Waals surface area contributed by atoms with E-state index in [1.54, 1.807) is 4.90 Å². The van der Waals surface area contributed by atoms with Gasteiger partial charge in [0.25, 0.3) is 5.91 Å². The maximum Gasteiger partial charge on any atom is 0.307 e. The Balaban J connectivity index is 2.17. The van der Waals surface area contributed by atoms with Crippen LogP contribution in [0.3, 0.4) is 0 Å². The van der Waals surface area contributed by atoms with Crippen molar-refractivity contribution in [2.24, 2.45) is 0 Å². The summed E-state index contributed by atoms with van der Waals surface area (Å²) in [5.41, 5.74) is 0.244. The highest BCUT2D eigenvalue weighted by molar-refractivity contribution is 6.30. The Bertz CT molecular complexity index is 550. The van der Waals surface area contributed by atoms with Gasteiger partial charge in [-0.25, -0.2) is 4.39 Å². The number of halogens is 2. The van der Waals surface area contributed by atoms with E-state index in [1.807, 2.05) is 0 Å². The maximum absolute atomic E-state index is 13.5. The molecule has 0 N–H and O–H groups in total. The Hall–Kier alpha value is -1.62. The number of carbonyl (C=O) groups excluding carboxylic acids is 2. The van der Waals surface area contributed by atoms with Crippen LogP contribution in [0.2, 0.25) is 5.02 Å². The molecule has 1 aromatic carbocycles. The molecule has 2 rings (SSSR count). The quantitative estimate of drug-likeness (QED) is 0.806. The van der Waals surface area contributed by atoms with Crippen LogP contribution < -0.4 is 0 Å². The number of piperidine rings is 1. The number of amides is 1. The summed E-state index contributed by atoms with van der Waals surface area (Å²) >= 11 is 5.63. The van der Waals surface area contributed by atoms with Gasteiger partial charge in [-0.3, -0.25) is 9.59 Å². The van der Waals surface area contributed by atoms with Gasteiger partial charge in [-0.05, 0) is 37.5 Å². The number of nitrogens with zero attached hydrogens (tertiary/aromatic N) is 1. The fourth-order valence-corrected chi connectivity index (χ4v) is 2.67. The van der Waals surface area contributed by atoms with E-state index in [4.69, 9.17) is 11.6 Å². The molecule has 4 nitrogen and oxygen atoms in total. The molecule has 1 atom stereocenters. The highest BCUT2D eigenvalue weighted by Gasteiger charge is 2.29. The molecule has 0 aliphatic carbocycles. The Morgan fingerprint density at radius 3 is 2.86 bits per heavy atom. The van der Waals surface area contributed by atoms with Crippen LogP contribution in [0.1, 0.15) is 36.0 Å². The topological polar surface area (TPSA) is 46.6 Å². The second-order valence-electron chi connectivity index (χ2n) is 5.06. The number of esters is 1. The minimum Gasteiger partial charge on any atom is -0.469 e. The lowest BCUT2D eigenvalue weighted by Gasteiger charge is -2.35. The van der Waals surface area contributed by atoms with Crippen molar-refractivity contribution in [2.75, 3.05) is 13.7 Å². The summed E-state index contributed by atoms with van der Waals surface area (Å²) in [6.45, 7) is 0.560. The van der Waals surface area contributed by atoms with E-state index in [0.717, 1.165) is 25.3 Å². The van der Waals surface area contributed by atoms with E-state index in [-0.39, 0.29) is 34.9 Å². The zero-order valence-electron chi connectivity index (χ0n) is 11.8. The summed E-state index contributed by atoms with van der Waals surface area (Å²) in [5, 5.41) is -0.0173. The molecular formula is C15H17ClFNO3. The molecule has 0 spiro atoms. The van der Waals surface area contributed by atoms with Gasteiger partial charge in [-0.1, -0.05) is 11.6 Å². The predicted molar refractivity (Wildman–Crippen MR) is 76.7 cm³/mol. The molecular weight excluding hydrogens is 297 g/mol. The van der Waals surface area contributed by atoms with Crippen molar-refractivity contribution < 1.29 is 18.7 Å². The van der Waals surface area contributed by atoms with Gasteiger partial charge in [-0.2, -0.15) is 0 Å². The second kappa shape index (κ2) is 6.89. The molecule has 0 bridgehead atoms. The number of hydrogen-bond donors (Lipinski definition) is 0. The van der Waals surface area contributed by atoms with Gasteiger partial charge < -0.3 is 9.64 Å². The van der Waals surface area contributed by atoms with Crippen molar-refractivity contribution in [2.45, 2.75) is 31.7 Å². The van der Waals surface area contributed by atoms with Crippen molar-refractivity contribution >= 4 is 23.5 Å². The van der Waals surface area contributed by atoms with Crippen molar-refractivity contribution in [1.29, 1.82) is 0 Å². The van der Waals surface area contributed by atoms with Gasteiger partial charge in [-0.15, -0.1) is 0 Å². The summed E-state index contributed by atoms with van der Waals surface area (Å²) in [7, 11) is 1.33. The van der Waals surface area contributed by atoms with Crippen LogP contribution in [0.5, 0.6) is 0 Å². The Morgan fingerprint density at radius 2 is 2.19 bits per heavy atom. The molecule has 1 unspecified atom stereocenters.